The van der Waals surface area contributed by atoms with Crippen LogP contribution in [0.25, 0.3) is 0 Å². The molecule has 1 aromatic heterocycles. The molecule has 7 aliphatic rings. The second-order valence-electron chi connectivity index (χ2n) is 12.2. The maximum absolute atomic E-state index is 14.0. The molecule has 6 bridgehead atoms. The molecule has 31 heavy (non-hydrogen) atoms. The highest BCUT2D eigenvalue weighted by atomic mass is 16.2. The number of rotatable bonds is 1. The second-order valence-corrected chi connectivity index (χ2v) is 12.2. The van der Waals surface area contributed by atoms with E-state index in [4.69, 9.17) is 0 Å². The van der Waals surface area contributed by atoms with Crippen molar-refractivity contribution in [2.45, 2.75) is 96.7 Å². The van der Waals surface area contributed by atoms with Crippen LogP contribution < -0.4 is 11.4 Å². The normalized spacial score (nSPS) is 43.8. The topological polar surface area (TPSA) is 48.9 Å². The third-order valence-corrected chi connectivity index (χ3v) is 11.1. The van der Waals surface area contributed by atoms with Gasteiger partial charge in [-0.3, -0.25) is 0 Å². The van der Waals surface area contributed by atoms with Crippen molar-refractivity contribution in [1.29, 1.82) is 0 Å². The number of nitrogens with zero attached hydrogens (tertiary/aromatic N) is 3. The zero-order valence-corrected chi connectivity index (χ0v) is 19.1. The van der Waals surface area contributed by atoms with Gasteiger partial charge in [-0.25, -0.2) is 23.5 Å². The maximum atomic E-state index is 14.0. The lowest BCUT2D eigenvalue weighted by Crippen LogP contribution is -2.53. The van der Waals surface area contributed by atoms with E-state index in [9.17, 15) is 9.59 Å². The summed E-state index contributed by atoms with van der Waals surface area (Å²) in [6.45, 7) is 7.06. The van der Waals surface area contributed by atoms with E-state index in [1.807, 2.05) is 9.36 Å². The third kappa shape index (κ3) is 2.01. The van der Waals surface area contributed by atoms with Crippen LogP contribution in [0.2, 0.25) is 0 Å². The van der Waals surface area contributed by atoms with Crippen molar-refractivity contribution in [2.24, 2.45) is 28.6 Å². The van der Waals surface area contributed by atoms with Crippen LogP contribution in [-0.4, -0.2) is 13.9 Å². The Morgan fingerprint density at radius 1 is 0.903 bits per heavy atom. The van der Waals surface area contributed by atoms with E-state index in [2.05, 4.69) is 32.9 Å². The molecule has 8 rings (SSSR count). The highest BCUT2D eigenvalue weighted by Crippen LogP contribution is 2.69. The van der Waals surface area contributed by atoms with E-state index in [-0.39, 0.29) is 40.3 Å². The van der Waals surface area contributed by atoms with Crippen molar-refractivity contribution >= 4 is 0 Å². The Balaban J connectivity index is 1.39. The summed E-state index contributed by atoms with van der Waals surface area (Å²) >= 11 is 0. The van der Waals surface area contributed by atoms with E-state index in [1.165, 1.54) is 44.1 Å². The first kappa shape index (κ1) is 18.8. The fourth-order valence-corrected chi connectivity index (χ4v) is 8.86. The molecule has 2 fully saturated rings. The van der Waals surface area contributed by atoms with Gasteiger partial charge < -0.3 is 0 Å². The van der Waals surface area contributed by atoms with E-state index < -0.39 is 0 Å². The lowest BCUT2D eigenvalue weighted by atomic mass is 9.60. The summed E-state index contributed by atoms with van der Waals surface area (Å²) in [5.41, 5.74) is 3.10. The Labute approximate surface area is 183 Å². The number of fused-ring (bicyclic) bond motifs is 2. The van der Waals surface area contributed by atoms with E-state index in [0.717, 1.165) is 19.3 Å². The highest BCUT2D eigenvalue weighted by molar-refractivity contribution is 5.38. The number of hydrogen-bond acceptors (Lipinski definition) is 2. The lowest BCUT2D eigenvalue weighted by Gasteiger charge is -2.53. The summed E-state index contributed by atoms with van der Waals surface area (Å²) in [6.07, 6.45) is 15.5. The average molecular weight is 422 g/mol. The minimum Gasteiger partial charge on any atom is -0.246 e. The van der Waals surface area contributed by atoms with Crippen molar-refractivity contribution < 1.29 is 0 Å². The van der Waals surface area contributed by atoms with Crippen LogP contribution >= 0.6 is 0 Å². The van der Waals surface area contributed by atoms with Crippen LogP contribution in [0, 0.1) is 28.6 Å². The Kier molecular flexibility index (Phi) is 3.49. The molecule has 0 radical (unpaired) electrons. The zero-order chi connectivity index (χ0) is 21.3. The quantitative estimate of drug-likeness (QED) is 0.614. The monoisotopic (exact) mass is 421 g/mol. The van der Waals surface area contributed by atoms with Gasteiger partial charge in [-0.2, -0.15) is 0 Å². The molecular formula is C26H35N3O2. The average Bonchev–Trinajstić information content (AvgIpc) is 3.15. The van der Waals surface area contributed by atoms with Gasteiger partial charge in [0.15, 0.2) is 0 Å². The van der Waals surface area contributed by atoms with Crippen molar-refractivity contribution in [3.63, 3.8) is 0 Å². The molecule has 5 nitrogen and oxygen atoms in total. The number of aromatic nitrogens is 3. The molecule has 0 aromatic carbocycles. The highest BCUT2D eigenvalue weighted by Gasteiger charge is 2.63. The fraction of sp³-hybridized carbons (Fsp3) is 0.769. The molecule has 5 heteroatoms. The van der Waals surface area contributed by atoms with E-state index in [0.29, 0.717) is 17.8 Å². The third-order valence-electron chi connectivity index (χ3n) is 11.1. The Bertz CT molecular complexity index is 1160. The van der Waals surface area contributed by atoms with E-state index in [1.54, 1.807) is 10.1 Å². The van der Waals surface area contributed by atoms with Crippen molar-refractivity contribution in [3.05, 3.63) is 44.3 Å². The zero-order valence-electron chi connectivity index (χ0n) is 19.1. The Morgan fingerprint density at radius 2 is 1.61 bits per heavy atom. The van der Waals surface area contributed by atoms with E-state index >= 15 is 0 Å². The molecule has 7 atom stereocenters. The molecule has 2 aliphatic heterocycles. The van der Waals surface area contributed by atoms with Gasteiger partial charge in [-0.1, -0.05) is 51.3 Å². The van der Waals surface area contributed by atoms with Crippen molar-refractivity contribution in [3.8, 4) is 0 Å². The molecule has 1 aromatic rings. The maximum Gasteiger partial charge on any atom is 0.348 e. The molecule has 2 saturated carbocycles. The molecule has 0 amide bonds. The van der Waals surface area contributed by atoms with Crippen LogP contribution in [0.4, 0.5) is 0 Å². The van der Waals surface area contributed by atoms with Gasteiger partial charge in [0.25, 0.3) is 0 Å². The molecular weight excluding hydrogens is 386 g/mol. The van der Waals surface area contributed by atoms with Crippen LogP contribution in [0.5, 0.6) is 0 Å². The summed E-state index contributed by atoms with van der Waals surface area (Å²) in [5, 5.41) is 0. The minimum atomic E-state index is -0.0375. The SMILES string of the molecule is CC1(C)[C@H]2CC[C@@]1(C)[C@H](n1c(=O)n3n(c1=O)[C@H]1C4=C[C@H]3[C@H]3C(=C[C@H]31)CCCCCC4)C2. The molecule has 0 spiro atoms. The number of hydrogen-bond donors (Lipinski definition) is 0. The summed E-state index contributed by atoms with van der Waals surface area (Å²) in [4.78, 5) is 27.9. The summed E-state index contributed by atoms with van der Waals surface area (Å²) in [5.74, 6) is 1.47. The molecule has 0 saturated heterocycles. The molecule has 0 N–H and O–H groups in total. The van der Waals surface area contributed by atoms with Crippen LogP contribution in [-0.2, 0) is 0 Å². The first-order valence-electron chi connectivity index (χ1n) is 12.7. The molecule has 0 unspecified atom stereocenters. The largest absolute Gasteiger partial charge is 0.348 e. The van der Waals surface area contributed by atoms with Gasteiger partial charge >= 0.3 is 11.4 Å². The predicted molar refractivity (Wildman–Crippen MR) is 120 cm³/mol. The first-order valence-corrected chi connectivity index (χ1v) is 12.7. The minimum absolute atomic E-state index is 0.0251. The summed E-state index contributed by atoms with van der Waals surface area (Å²) < 4.78 is 5.52. The van der Waals surface area contributed by atoms with Gasteiger partial charge in [-0.15, -0.1) is 0 Å². The van der Waals surface area contributed by atoms with Crippen LogP contribution in [0.15, 0.2) is 32.9 Å². The fourth-order valence-electron chi connectivity index (χ4n) is 8.86. The summed E-state index contributed by atoms with van der Waals surface area (Å²) in [7, 11) is 0. The van der Waals surface area contributed by atoms with Crippen LogP contribution in [0.1, 0.15) is 96.7 Å². The van der Waals surface area contributed by atoms with Gasteiger partial charge in [0.1, 0.15) is 0 Å². The lowest BCUT2D eigenvalue weighted by molar-refractivity contribution is 0.103. The Morgan fingerprint density at radius 3 is 2.29 bits per heavy atom. The van der Waals surface area contributed by atoms with Gasteiger partial charge in [-0.05, 0) is 67.3 Å². The van der Waals surface area contributed by atoms with Gasteiger partial charge in [0.2, 0.25) is 0 Å². The predicted octanol–water partition coefficient (Wildman–Crippen LogP) is 4.76. The first-order chi connectivity index (χ1) is 14.8. The smallest absolute Gasteiger partial charge is 0.246 e. The standard InChI is InChI=1S/C26H35N3O2/c1-25(2)17-10-11-26(25,3)20(14-17)27-23(30)28-19-13-16-9-7-5-4-6-8-15-12-18(21(15)19)22(16)29(28)24(27)31/h12-13,17-22H,4-11,14H2,1-3H3/t17-,18+,19-,20+,21-,22-,26-/m0/s1. The Hall–Kier alpha value is -1.78. The molecule has 166 valence electrons. The second kappa shape index (κ2) is 5.77. The number of allylic oxidation sites excluding steroid dienone is 4. The molecule has 5 aliphatic carbocycles. The molecule has 3 heterocycles. The van der Waals surface area contributed by atoms with Crippen LogP contribution in [0.3, 0.4) is 0 Å². The van der Waals surface area contributed by atoms with Crippen molar-refractivity contribution in [1.82, 2.24) is 13.9 Å². The summed E-state index contributed by atoms with van der Waals surface area (Å²) in [6, 6.07) is 0.153. The van der Waals surface area contributed by atoms with Crippen molar-refractivity contribution in [2.75, 3.05) is 0 Å². The van der Waals surface area contributed by atoms with Gasteiger partial charge in [0, 0.05) is 17.9 Å². The van der Waals surface area contributed by atoms with Gasteiger partial charge in [0.05, 0.1) is 12.1 Å².